The number of aryl methyl sites for hydroxylation is 1. The van der Waals surface area contributed by atoms with E-state index < -0.39 is 18.1 Å². The third-order valence-corrected chi connectivity index (χ3v) is 4.40. The lowest BCUT2D eigenvalue weighted by atomic mass is 10.1. The highest BCUT2D eigenvalue weighted by Gasteiger charge is 2.42. The maximum absolute atomic E-state index is 12.0. The number of nitrogens with one attached hydrogen (secondary N) is 1. The van der Waals surface area contributed by atoms with Crippen molar-refractivity contribution in [3.8, 4) is 5.75 Å². The van der Waals surface area contributed by atoms with E-state index >= 15 is 0 Å². The number of unbranched alkanes of at least 4 members (excludes halogenated alkanes) is 1. The third kappa shape index (κ3) is 10.1. The van der Waals surface area contributed by atoms with E-state index in [1.54, 1.807) is 0 Å². The van der Waals surface area contributed by atoms with Gasteiger partial charge >= 0.3 is 18.1 Å². The maximum Gasteiger partial charge on any atom is 0.491 e. The van der Waals surface area contributed by atoms with Gasteiger partial charge in [-0.1, -0.05) is 42.5 Å². The highest BCUT2D eigenvalue weighted by Crippen LogP contribution is 2.17. The molecule has 0 spiro atoms. The number of esters is 2. The summed E-state index contributed by atoms with van der Waals surface area (Å²) in [5.74, 6) is -2.92. The molecule has 0 radical (unpaired) electrons. The van der Waals surface area contributed by atoms with Crippen molar-refractivity contribution >= 4 is 11.9 Å². The molecule has 0 aliphatic carbocycles. The predicted octanol–water partition coefficient (Wildman–Crippen LogP) is 4.24. The first-order valence-electron chi connectivity index (χ1n) is 10.1. The van der Waals surface area contributed by atoms with Gasteiger partial charge in [-0.3, -0.25) is 4.79 Å². The van der Waals surface area contributed by atoms with Gasteiger partial charge in [0.1, 0.15) is 5.75 Å². The van der Waals surface area contributed by atoms with Crippen LogP contribution in [0, 0.1) is 0 Å². The number of halogens is 3. The lowest BCUT2D eigenvalue weighted by Gasteiger charge is -2.09. The molecule has 0 fully saturated rings. The van der Waals surface area contributed by atoms with Crippen molar-refractivity contribution in [3.63, 3.8) is 0 Å². The molecule has 0 saturated heterocycles. The highest BCUT2D eigenvalue weighted by atomic mass is 19.4. The van der Waals surface area contributed by atoms with Crippen LogP contribution in [0.4, 0.5) is 13.2 Å². The number of hydrogen-bond donors (Lipinski definition) is 1. The fourth-order valence-electron chi connectivity index (χ4n) is 2.82. The van der Waals surface area contributed by atoms with Crippen molar-refractivity contribution in [2.45, 2.75) is 38.3 Å². The van der Waals surface area contributed by atoms with Crippen LogP contribution in [0.15, 0.2) is 54.6 Å². The Morgan fingerprint density at radius 1 is 0.871 bits per heavy atom. The van der Waals surface area contributed by atoms with Crippen LogP contribution >= 0.6 is 0 Å². The van der Waals surface area contributed by atoms with Gasteiger partial charge in [0.05, 0.1) is 13.0 Å². The van der Waals surface area contributed by atoms with Crippen LogP contribution in [0.1, 0.15) is 30.4 Å². The van der Waals surface area contributed by atoms with Gasteiger partial charge in [0.15, 0.2) is 0 Å². The number of carbonyl (C=O) groups excluding carboxylic acids is 2. The van der Waals surface area contributed by atoms with Crippen LogP contribution in [0.2, 0.25) is 0 Å². The van der Waals surface area contributed by atoms with Gasteiger partial charge in [-0.25, -0.2) is 4.79 Å². The Bertz CT molecular complexity index is 825. The number of carbonyl (C=O) groups is 2. The van der Waals surface area contributed by atoms with Crippen LogP contribution < -0.4 is 10.1 Å². The molecule has 0 aliphatic rings. The first kappa shape index (κ1) is 24.4. The average Bonchev–Trinajstić information content (AvgIpc) is 2.73. The molecule has 0 bridgehead atoms. The summed E-state index contributed by atoms with van der Waals surface area (Å²) in [6.07, 6.45) is -1.82. The molecule has 0 heterocycles. The van der Waals surface area contributed by atoms with E-state index in [1.807, 2.05) is 42.5 Å². The molecular formula is C23H26F3NO4. The number of alkyl halides is 3. The molecule has 0 amide bonds. The van der Waals surface area contributed by atoms with Crippen molar-refractivity contribution in [3.05, 3.63) is 65.7 Å². The maximum atomic E-state index is 12.0. The number of benzene rings is 2. The monoisotopic (exact) mass is 437 g/mol. The van der Waals surface area contributed by atoms with E-state index in [2.05, 4.69) is 22.2 Å². The molecule has 0 unspecified atom stereocenters. The molecule has 1 N–H and O–H groups in total. The summed E-state index contributed by atoms with van der Waals surface area (Å²) >= 11 is 0. The summed E-state index contributed by atoms with van der Waals surface area (Å²) in [7, 11) is 0. The zero-order valence-corrected chi connectivity index (χ0v) is 17.1. The molecule has 2 aromatic rings. The van der Waals surface area contributed by atoms with Gasteiger partial charge in [-0.05, 0) is 55.5 Å². The fraction of sp³-hybridized carbons (Fsp3) is 0.391. The number of rotatable bonds is 12. The van der Waals surface area contributed by atoms with Gasteiger partial charge in [-0.15, -0.1) is 0 Å². The summed E-state index contributed by atoms with van der Waals surface area (Å²) in [4.78, 5) is 21.8. The molecule has 5 nitrogen and oxygen atoms in total. The molecule has 0 atom stereocenters. The minimum Gasteiger partial charge on any atom is -0.494 e. The number of hydrogen-bond acceptors (Lipinski definition) is 5. The molecular weight excluding hydrogens is 411 g/mol. The first-order valence-corrected chi connectivity index (χ1v) is 10.1. The molecule has 31 heavy (non-hydrogen) atoms. The van der Waals surface area contributed by atoms with Crippen molar-refractivity contribution in [2.24, 2.45) is 0 Å². The normalized spacial score (nSPS) is 11.2. The van der Waals surface area contributed by atoms with Crippen molar-refractivity contribution in [2.75, 3.05) is 19.7 Å². The minimum absolute atomic E-state index is 0.113. The summed E-state index contributed by atoms with van der Waals surface area (Å²) in [5, 5.41) is 2.94. The summed E-state index contributed by atoms with van der Waals surface area (Å²) < 4.78 is 45.5. The lowest BCUT2D eigenvalue weighted by Crippen LogP contribution is -2.29. The van der Waals surface area contributed by atoms with Crippen molar-refractivity contribution in [1.82, 2.24) is 5.32 Å². The number of ether oxygens (including phenoxy) is 2. The Balaban J connectivity index is 1.58. The van der Waals surface area contributed by atoms with E-state index in [1.165, 1.54) is 5.56 Å². The quantitative estimate of drug-likeness (QED) is 0.306. The average molecular weight is 437 g/mol. The third-order valence-electron chi connectivity index (χ3n) is 4.40. The van der Waals surface area contributed by atoms with E-state index in [9.17, 15) is 22.8 Å². The SMILES string of the molecule is O=C(CCNCCc1cccc(OCCCCc2ccccc2)c1)OC(=O)C(F)(F)F. The van der Waals surface area contributed by atoms with Gasteiger partial charge in [-0.2, -0.15) is 13.2 Å². The molecule has 168 valence electrons. The van der Waals surface area contributed by atoms with Gasteiger partial charge in [0.2, 0.25) is 0 Å². The summed E-state index contributed by atoms with van der Waals surface area (Å²) in [5.41, 5.74) is 2.35. The molecule has 2 aromatic carbocycles. The largest absolute Gasteiger partial charge is 0.494 e. The second-order valence-corrected chi connectivity index (χ2v) is 6.95. The predicted molar refractivity (Wildman–Crippen MR) is 110 cm³/mol. The highest BCUT2D eigenvalue weighted by molar-refractivity contribution is 5.88. The summed E-state index contributed by atoms with van der Waals surface area (Å²) in [6, 6.07) is 18.0. The van der Waals surface area contributed by atoms with Crippen LogP contribution in [-0.2, 0) is 27.2 Å². The van der Waals surface area contributed by atoms with Gasteiger partial charge in [0.25, 0.3) is 0 Å². The van der Waals surface area contributed by atoms with Crippen molar-refractivity contribution < 1.29 is 32.2 Å². The fourth-order valence-corrected chi connectivity index (χ4v) is 2.82. The topological polar surface area (TPSA) is 64.6 Å². The zero-order chi connectivity index (χ0) is 22.5. The van der Waals surface area contributed by atoms with Crippen LogP contribution in [0.3, 0.4) is 0 Å². The molecule has 8 heteroatoms. The first-order chi connectivity index (χ1) is 14.8. The minimum atomic E-state index is -5.17. The Labute approximate surface area is 179 Å². The van der Waals surface area contributed by atoms with Crippen LogP contribution in [0.25, 0.3) is 0 Å². The van der Waals surface area contributed by atoms with Crippen molar-refractivity contribution in [1.29, 1.82) is 0 Å². The Morgan fingerprint density at radius 3 is 2.35 bits per heavy atom. The smallest absolute Gasteiger partial charge is 0.491 e. The van der Waals surface area contributed by atoms with Gasteiger partial charge < -0.3 is 14.8 Å². The Morgan fingerprint density at radius 2 is 1.61 bits per heavy atom. The molecule has 0 aliphatic heterocycles. The standard InChI is InChI=1S/C23H26F3NO4/c24-23(25,26)22(29)31-21(28)13-15-27-14-12-19-10-6-11-20(17-19)30-16-5-4-9-18-7-2-1-3-8-18/h1-3,6-8,10-11,17,27H,4-5,9,12-16H2. The molecule has 0 saturated carbocycles. The molecule has 2 rings (SSSR count). The summed E-state index contributed by atoms with van der Waals surface area (Å²) in [6.45, 7) is 1.26. The van der Waals surface area contributed by atoms with Gasteiger partial charge in [0, 0.05) is 6.54 Å². The van der Waals surface area contributed by atoms with Crippen LogP contribution in [0.5, 0.6) is 5.75 Å². The van der Waals surface area contributed by atoms with E-state index in [-0.39, 0.29) is 13.0 Å². The second kappa shape index (κ2) is 12.7. The lowest BCUT2D eigenvalue weighted by molar-refractivity contribution is -0.201. The second-order valence-electron chi connectivity index (χ2n) is 6.95. The Kier molecular flexibility index (Phi) is 10.0. The molecule has 0 aromatic heterocycles. The van der Waals surface area contributed by atoms with E-state index in [0.717, 1.165) is 30.6 Å². The van der Waals surface area contributed by atoms with E-state index in [0.29, 0.717) is 19.6 Å². The van der Waals surface area contributed by atoms with E-state index in [4.69, 9.17) is 4.74 Å². The zero-order valence-electron chi connectivity index (χ0n) is 17.1. The van der Waals surface area contributed by atoms with Crippen LogP contribution in [-0.4, -0.2) is 37.8 Å². The Hall–Kier alpha value is -2.87.